The molecule has 1 aromatic rings. The third-order valence-electron chi connectivity index (χ3n) is 3.25. The first-order valence-electron chi connectivity index (χ1n) is 6.21. The van der Waals surface area contributed by atoms with Gasteiger partial charge < -0.3 is 4.74 Å². The van der Waals surface area contributed by atoms with Crippen LogP contribution >= 0.6 is 26.6 Å². The van der Waals surface area contributed by atoms with E-state index >= 15 is 0 Å². The highest BCUT2D eigenvalue weighted by Gasteiger charge is 2.22. The molecule has 0 bridgehead atoms. The number of benzene rings is 1. The fourth-order valence-corrected chi connectivity index (χ4v) is 3.65. The fourth-order valence-electron chi connectivity index (χ4n) is 1.83. The summed E-state index contributed by atoms with van der Waals surface area (Å²) in [5, 5.41) is 0. The van der Waals surface area contributed by atoms with Gasteiger partial charge in [-0.15, -0.1) is 0 Å². The lowest BCUT2D eigenvalue weighted by Gasteiger charge is -2.09. The second-order valence-corrected chi connectivity index (χ2v) is 8.28. The van der Waals surface area contributed by atoms with Gasteiger partial charge in [0, 0.05) is 15.2 Å². The van der Waals surface area contributed by atoms with E-state index in [1.54, 1.807) is 13.0 Å². The van der Waals surface area contributed by atoms with Gasteiger partial charge in [-0.1, -0.05) is 28.8 Å². The van der Waals surface area contributed by atoms with E-state index in [0.717, 1.165) is 6.42 Å². The highest BCUT2D eigenvalue weighted by Crippen LogP contribution is 2.32. The smallest absolute Gasteiger partial charge is 0.338 e. The van der Waals surface area contributed by atoms with Crippen molar-refractivity contribution in [1.82, 2.24) is 0 Å². The first-order valence-corrected chi connectivity index (χ1v) is 9.31. The summed E-state index contributed by atoms with van der Waals surface area (Å²) in [6, 6.07) is 2.79. The summed E-state index contributed by atoms with van der Waals surface area (Å²) < 4.78 is 28.6. The molecule has 20 heavy (non-hydrogen) atoms. The molecule has 110 valence electrons. The lowest BCUT2D eigenvalue weighted by molar-refractivity contribution is 0.0494. The molecular formula is C13H14BrClO4S. The van der Waals surface area contributed by atoms with Crippen LogP contribution in [0.15, 0.2) is 21.5 Å². The van der Waals surface area contributed by atoms with Crippen molar-refractivity contribution < 1.29 is 17.9 Å². The van der Waals surface area contributed by atoms with Crippen LogP contribution in [0.2, 0.25) is 0 Å². The molecule has 0 atom stereocenters. The van der Waals surface area contributed by atoms with Gasteiger partial charge in [-0.2, -0.15) is 0 Å². The van der Waals surface area contributed by atoms with Gasteiger partial charge >= 0.3 is 5.97 Å². The quantitative estimate of drug-likeness (QED) is 0.577. The van der Waals surface area contributed by atoms with Crippen molar-refractivity contribution >= 4 is 41.6 Å². The van der Waals surface area contributed by atoms with Crippen molar-refractivity contribution in [3.63, 3.8) is 0 Å². The summed E-state index contributed by atoms with van der Waals surface area (Å²) in [5.41, 5.74) is 0.645. The molecular weight excluding hydrogens is 368 g/mol. The van der Waals surface area contributed by atoms with Crippen molar-refractivity contribution in [2.24, 2.45) is 5.92 Å². The van der Waals surface area contributed by atoms with Crippen LogP contribution < -0.4 is 0 Å². The first kappa shape index (κ1) is 15.8. The van der Waals surface area contributed by atoms with E-state index < -0.39 is 15.0 Å². The summed E-state index contributed by atoms with van der Waals surface area (Å²) in [5.74, 6) is 0.138. The number of ether oxygens (including phenoxy) is 1. The third-order valence-corrected chi connectivity index (χ3v) is 5.52. The van der Waals surface area contributed by atoms with Crippen molar-refractivity contribution in [2.75, 3.05) is 6.61 Å². The van der Waals surface area contributed by atoms with Crippen LogP contribution in [-0.2, 0) is 13.8 Å². The van der Waals surface area contributed by atoms with Crippen molar-refractivity contribution in [3.05, 3.63) is 27.7 Å². The predicted octanol–water partition coefficient (Wildman–Crippen LogP) is 3.64. The SMILES string of the molecule is Cc1c(Br)cc(C(=O)OCCC2CC2)cc1S(=O)(=O)Cl. The molecule has 0 unspecified atom stereocenters. The molecule has 0 N–H and O–H groups in total. The largest absolute Gasteiger partial charge is 0.462 e. The Morgan fingerprint density at radius 3 is 2.65 bits per heavy atom. The second kappa shape index (κ2) is 6.03. The topological polar surface area (TPSA) is 60.4 Å². The lowest BCUT2D eigenvalue weighted by Crippen LogP contribution is -2.09. The molecule has 1 fully saturated rings. The number of hydrogen-bond donors (Lipinski definition) is 0. The van der Waals surface area contributed by atoms with Gasteiger partial charge in [-0.25, -0.2) is 13.2 Å². The van der Waals surface area contributed by atoms with Crippen LogP contribution in [0.3, 0.4) is 0 Å². The molecule has 1 saturated carbocycles. The predicted molar refractivity (Wildman–Crippen MR) is 79.5 cm³/mol. The summed E-state index contributed by atoms with van der Waals surface area (Å²) in [6.07, 6.45) is 3.25. The summed E-state index contributed by atoms with van der Waals surface area (Å²) in [7, 11) is 1.46. The van der Waals surface area contributed by atoms with E-state index in [-0.39, 0.29) is 10.5 Å². The molecule has 0 heterocycles. The first-order chi connectivity index (χ1) is 9.29. The summed E-state index contributed by atoms with van der Waals surface area (Å²) in [6.45, 7) is 1.97. The van der Waals surface area contributed by atoms with Gasteiger partial charge in [0.25, 0.3) is 9.05 Å². The zero-order chi connectivity index (χ0) is 14.9. The van der Waals surface area contributed by atoms with Gasteiger partial charge in [0.05, 0.1) is 17.1 Å². The normalized spacial score (nSPS) is 15.2. The number of halogens is 2. The number of hydrogen-bond acceptors (Lipinski definition) is 4. The Morgan fingerprint density at radius 1 is 1.45 bits per heavy atom. The Labute approximate surface area is 131 Å². The van der Waals surface area contributed by atoms with E-state index in [4.69, 9.17) is 15.4 Å². The van der Waals surface area contributed by atoms with Gasteiger partial charge in [-0.3, -0.25) is 0 Å². The van der Waals surface area contributed by atoms with Crippen LogP contribution in [0.1, 0.15) is 35.2 Å². The molecule has 0 aliphatic heterocycles. The van der Waals surface area contributed by atoms with Crippen LogP contribution in [0, 0.1) is 12.8 Å². The second-order valence-electron chi connectivity index (χ2n) is 4.89. The fraction of sp³-hybridized carbons (Fsp3) is 0.462. The lowest BCUT2D eigenvalue weighted by atomic mass is 10.1. The molecule has 1 aromatic carbocycles. The number of rotatable bonds is 5. The zero-order valence-electron chi connectivity index (χ0n) is 10.9. The summed E-state index contributed by atoms with van der Waals surface area (Å²) >= 11 is 3.23. The van der Waals surface area contributed by atoms with E-state index in [9.17, 15) is 13.2 Å². The van der Waals surface area contributed by atoms with E-state index in [1.165, 1.54) is 18.9 Å². The molecule has 0 saturated heterocycles. The maximum absolute atomic E-state index is 11.9. The number of esters is 1. The Hall–Kier alpha value is -0.590. The van der Waals surface area contributed by atoms with Gasteiger partial charge in [0.15, 0.2) is 0 Å². The maximum atomic E-state index is 11.9. The Bertz CT molecular complexity index is 638. The molecule has 0 aromatic heterocycles. The maximum Gasteiger partial charge on any atom is 0.338 e. The number of carbonyl (C=O) groups is 1. The zero-order valence-corrected chi connectivity index (χ0v) is 14.0. The summed E-state index contributed by atoms with van der Waals surface area (Å²) in [4.78, 5) is 11.8. The van der Waals surface area contributed by atoms with Gasteiger partial charge in [0.1, 0.15) is 0 Å². The van der Waals surface area contributed by atoms with E-state index in [1.807, 2.05) is 0 Å². The molecule has 0 radical (unpaired) electrons. The Kier molecular flexibility index (Phi) is 4.76. The van der Waals surface area contributed by atoms with Crippen molar-refractivity contribution in [1.29, 1.82) is 0 Å². The molecule has 1 aliphatic rings. The van der Waals surface area contributed by atoms with Crippen LogP contribution in [0.4, 0.5) is 0 Å². The van der Waals surface area contributed by atoms with Crippen LogP contribution in [0.5, 0.6) is 0 Å². The molecule has 7 heteroatoms. The minimum Gasteiger partial charge on any atom is -0.462 e. The average Bonchev–Trinajstić information content (AvgIpc) is 3.14. The van der Waals surface area contributed by atoms with E-state index in [0.29, 0.717) is 22.6 Å². The van der Waals surface area contributed by atoms with E-state index in [2.05, 4.69) is 15.9 Å². The van der Waals surface area contributed by atoms with Crippen molar-refractivity contribution in [3.8, 4) is 0 Å². The molecule has 0 amide bonds. The van der Waals surface area contributed by atoms with Crippen molar-refractivity contribution in [2.45, 2.75) is 31.1 Å². The Balaban J connectivity index is 2.18. The highest BCUT2D eigenvalue weighted by molar-refractivity contribution is 9.10. The minimum absolute atomic E-state index is 0.0808. The van der Waals surface area contributed by atoms with Crippen LogP contribution in [-0.4, -0.2) is 21.0 Å². The van der Waals surface area contributed by atoms with Gasteiger partial charge in [0.2, 0.25) is 0 Å². The number of carbonyl (C=O) groups excluding carboxylic acids is 1. The monoisotopic (exact) mass is 380 g/mol. The standard InChI is InChI=1S/C13H14BrClO4S/c1-8-11(14)6-10(7-12(8)20(15,17)18)13(16)19-5-4-9-2-3-9/h6-7,9H,2-5H2,1H3. The molecule has 4 nitrogen and oxygen atoms in total. The average molecular weight is 382 g/mol. The molecule has 0 spiro atoms. The third kappa shape index (κ3) is 3.96. The highest BCUT2D eigenvalue weighted by atomic mass is 79.9. The molecule has 2 rings (SSSR count). The van der Waals surface area contributed by atoms with Gasteiger partial charge in [-0.05, 0) is 37.0 Å². The molecule has 1 aliphatic carbocycles. The minimum atomic E-state index is -3.90. The Morgan fingerprint density at radius 2 is 2.10 bits per heavy atom. The van der Waals surface area contributed by atoms with Crippen LogP contribution in [0.25, 0.3) is 0 Å².